The monoisotopic (exact) mass is 224 g/mol. The van der Waals surface area contributed by atoms with E-state index in [0.717, 1.165) is 31.3 Å². The third-order valence-electron chi connectivity index (χ3n) is 4.15. The molecule has 0 aromatic rings. The molecule has 2 aliphatic rings. The molecular weight excluding hydrogens is 200 g/mol. The fraction of sp³-hybridized carbons (Fsp3) is 0.923. The van der Waals surface area contributed by atoms with E-state index < -0.39 is 0 Å². The van der Waals surface area contributed by atoms with Crippen molar-refractivity contribution in [1.29, 1.82) is 0 Å². The zero-order chi connectivity index (χ0) is 11.5. The van der Waals surface area contributed by atoms with Crippen molar-refractivity contribution in [2.24, 2.45) is 23.5 Å². The first-order valence-corrected chi connectivity index (χ1v) is 6.78. The maximum atomic E-state index is 12.3. The lowest BCUT2D eigenvalue weighted by Crippen LogP contribution is -2.37. The third kappa shape index (κ3) is 2.24. The van der Waals surface area contributed by atoms with Crippen LogP contribution < -0.4 is 5.73 Å². The van der Waals surface area contributed by atoms with Crippen molar-refractivity contribution < 1.29 is 4.79 Å². The van der Waals surface area contributed by atoms with E-state index >= 15 is 0 Å². The number of carbonyl (C=O) groups is 1. The largest absolute Gasteiger partial charge is 0.341 e. The summed E-state index contributed by atoms with van der Waals surface area (Å²) in [6.07, 6.45) is 6.26. The highest BCUT2D eigenvalue weighted by molar-refractivity contribution is 5.82. The van der Waals surface area contributed by atoms with Crippen molar-refractivity contribution in [2.75, 3.05) is 19.6 Å². The second kappa shape index (κ2) is 5.17. The molecule has 16 heavy (non-hydrogen) atoms. The first-order valence-electron chi connectivity index (χ1n) is 6.78. The molecule has 0 heterocycles. The standard InChI is InChI=1S/C13H24N2O/c1-2-8-15(9-7-14)13(16)12-10-5-3-4-6-11(10)12/h10-12H,2-9,14H2,1H3. The Morgan fingerprint density at radius 1 is 1.25 bits per heavy atom. The smallest absolute Gasteiger partial charge is 0.226 e. The number of rotatable bonds is 5. The molecule has 92 valence electrons. The van der Waals surface area contributed by atoms with Crippen molar-refractivity contribution in [1.82, 2.24) is 4.90 Å². The molecule has 2 saturated carbocycles. The molecule has 2 fully saturated rings. The topological polar surface area (TPSA) is 46.3 Å². The predicted octanol–water partition coefficient (Wildman–Crippen LogP) is 1.62. The van der Waals surface area contributed by atoms with Gasteiger partial charge in [0.25, 0.3) is 0 Å². The highest BCUT2D eigenvalue weighted by Crippen LogP contribution is 2.56. The Bertz CT molecular complexity index is 232. The maximum Gasteiger partial charge on any atom is 0.226 e. The number of hydrogen-bond acceptors (Lipinski definition) is 2. The first kappa shape index (κ1) is 11.9. The lowest BCUT2D eigenvalue weighted by Gasteiger charge is -2.21. The molecule has 2 N–H and O–H groups in total. The minimum absolute atomic E-state index is 0.362. The molecule has 1 amide bonds. The van der Waals surface area contributed by atoms with Gasteiger partial charge in [-0.05, 0) is 31.1 Å². The average molecular weight is 224 g/mol. The van der Waals surface area contributed by atoms with Crippen LogP contribution in [-0.2, 0) is 4.79 Å². The van der Waals surface area contributed by atoms with E-state index in [-0.39, 0.29) is 0 Å². The fourth-order valence-electron chi connectivity index (χ4n) is 3.33. The minimum Gasteiger partial charge on any atom is -0.341 e. The Balaban J connectivity index is 1.90. The quantitative estimate of drug-likeness (QED) is 0.771. The summed E-state index contributed by atoms with van der Waals surface area (Å²) < 4.78 is 0. The van der Waals surface area contributed by atoms with Crippen LogP contribution in [0, 0.1) is 17.8 Å². The summed E-state index contributed by atoms with van der Waals surface area (Å²) in [5.41, 5.74) is 5.57. The van der Waals surface area contributed by atoms with Crippen LogP contribution in [0.5, 0.6) is 0 Å². The van der Waals surface area contributed by atoms with E-state index in [4.69, 9.17) is 5.73 Å². The highest BCUT2D eigenvalue weighted by Gasteiger charge is 2.55. The van der Waals surface area contributed by atoms with Crippen LogP contribution >= 0.6 is 0 Å². The summed E-state index contributed by atoms with van der Waals surface area (Å²) in [7, 11) is 0. The molecule has 2 aliphatic carbocycles. The van der Waals surface area contributed by atoms with Gasteiger partial charge in [0.2, 0.25) is 5.91 Å². The van der Waals surface area contributed by atoms with E-state index in [1.807, 2.05) is 4.90 Å². The minimum atomic E-state index is 0.362. The number of carbonyl (C=O) groups excluding carboxylic acids is 1. The number of fused-ring (bicyclic) bond motifs is 1. The Hall–Kier alpha value is -0.570. The van der Waals surface area contributed by atoms with Gasteiger partial charge in [-0.15, -0.1) is 0 Å². The Morgan fingerprint density at radius 3 is 2.38 bits per heavy atom. The van der Waals surface area contributed by atoms with E-state index in [9.17, 15) is 4.79 Å². The van der Waals surface area contributed by atoms with Crippen molar-refractivity contribution in [2.45, 2.75) is 39.0 Å². The molecule has 0 spiro atoms. The Kier molecular flexibility index (Phi) is 3.85. The van der Waals surface area contributed by atoms with Crippen LogP contribution in [-0.4, -0.2) is 30.4 Å². The van der Waals surface area contributed by atoms with Crippen molar-refractivity contribution in [3.63, 3.8) is 0 Å². The molecule has 2 unspecified atom stereocenters. The van der Waals surface area contributed by atoms with Crippen LogP contribution in [0.15, 0.2) is 0 Å². The maximum absolute atomic E-state index is 12.3. The van der Waals surface area contributed by atoms with Gasteiger partial charge in [-0.25, -0.2) is 0 Å². The molecule has 0 saturated heterocycles. The molecule has 3 nitrogen and oxygen atoms in total. The molecule has 0 radical (unpaired) electrons. The second-order valence-corrected chi connectivity index (χ2v) is 5.25. The van der Waals surface area contributed by atoms with Gasteiger partial charge in [0.15, 0.2) is 0 Å². The molecule has 3 heteroatoms. The lowest BCUT2D eigenvalue weighted by molar-refractivity contribution is -0.133. The molecule has 0 aliphatic heterocycles. The number of nitrogens with zero attached hydrogens (tertiary/aromatic N) is 1. The summed E-state index contributed by atoms with van der Waals surface area (Å²) >= 11 is 0. The van der Waals surface area contributed by atoms with Gasteiger partial charge < -0.3 is 10.6 Å². The zero-order valence-corrected chi connectivity index (χ0v) is 10.3. The van der Waals surface area contributed by atoms with Gasteiger partial charge >= 0.3 is 0 Å². The second-order valence-electron chi connectivity index (χ2n) is 5.25. The molecule has 2 atom stereocenters. The van der Waals surface area contributed by atoms with Gasteiger partial charge in [-0.1, -0.05) is 19.8 Å². The number of hydrogen-bond donors (Lipinski definition) is 1. The highest BCUT2D eigenvalue weighted by atomic mass is 16.2. The van der Waals surface area contributed by atoms with Gasteiger partial charge in [0.1, 0.15) is 0 Å². The SMILES string of the molecule is CCCN(CCN)C(=O)C1C2CCCCC21. The average Bonchev–Trinajstić information content (AvgIpc) is 3.02. The fourth-order valence-corrected chi connectivity index (χ4v) is 3.33. The molecule has 2 rings (SSSR count). The van der Waals surface area contributed by atoms with E-state index in [1.165, 1.54) is 25.7 Å². The lowest BCUT2D eigenvalue weighted by atomic mass is 10.0. The van der Waals surface area contributed by atoms with Crippen LogP contribution in [0.1, 0.15) is 39.0 Å². The third-order valence-corrected chi connectivity index (χ3v) is 4.15. The normalized spacial score (nSPS) is 32.0. The summed E-state index contributed by atoms with van der Waals surface area (Å²) in [6, 6.07) is 0. The molecule has 0 aromatic heterocycles. The predicted molar refractivity (Wildman–Crippen MR) is 64.9 cm³/mol. The van der Waals surface area contributed by atoms with Crippen LogP contribution in [0.3, 0.4) is 0 Å². The van der Waals surface area contributed by atoms with E-state index in [0.29, 0.717) is 18.4 Å². The molecule has 0 aromatic carbocycles. The molecular formula is C13H24N2O. The van der Waals surface area contributed by atoms with Crippen molar-refractivity contribution in [3.05, 3.63) is 0 Å². The van der Waals surface area contributed by atoms with Crippen LogP contribution in [0.4, 0.5) is 0 Å². The van der Waals surface area contributed by atoms with Crippen molar-refractivity contribution >= 4 is 5.91 Å². The van der Waals surface area contributed by atoms with Gasteiger partial charge in [0, 0.05) is 25.6 Å². The van der Waals surface area contributed by atoms with E-state index in [2.05, 4.69) is 6.92 Å². The Labute approximate surface area is 98.4 Å². The first-order chi connectivity index (χ1) is 7.79. The van der Waals surface area contributed by atoms with E-state index in [1.54, 1.807) is 0 Å². The summed E-state index contributed by atoms with van der Waals surface area (Å²) in [5.74, 6) is 2.20. The summed E-state index contributed by atoms with van der Waals surface area (Å²) in [6.45, 7) is 4.33. The Morgan fingerprint density at radius 2 is 1.88 bits per heavy atom. The zero-order valence-electron chi connectivity index (χ0n) is 10.3. The number of amides is 1. The summed E-state index contributed by atoms with van der Waals surface area (Å²) in [5, 5.41) is 0. The van der Waals surface area contributed by atoms with Crippen LogP contribution in [0.2, 0.25) is 0 Å². The van der Waals surface area contributed by atoms with Gasteiger partial charge in [-0.2, -0.15) is 0 Å². The summed E-state index contributed by atoms with van der Waals surface area (Å²) in [4.78, 5) is 14.3. The van der Waals surface area contributed by atoms with Gasteiger partial charge in [0.05, 0.1) is 0 Å². The number of nitrogens with two attached hydrogens (primary N) is 1. The van der Waals surface area contributed by atoms with Gasteiger partial charge in [-0.3, -0.25) is 4.79 Å². The molecule has 0 bridgehead atoms. The van der Waals surface area contributed by atoms with Crippen molar-refractivity contribution in [3.8, 4) is 0 Å². The van der Waals surface area contributed by atoms with Crippen LogP contribution in [0.25, 0.3) is 0 Å².